The molecular weight excluding hydrogens is 401 g/mol. The van der Waals surface area contributed by atoms with Gasteiger partial charge in [-0.05, 0) is 31.0 Å². The minimum Gasteiger partial charge on any atom is -0.494 e. The molecule has 1 aromatic carbocycles. The van der Waals surface area contributed by atoms with Crippen LogP contribution in [-0.2, 0) is 10.9 Å². The first-order chi connectivity index (χ1) is 14.2. The van der Waals surface area contributed by atoms with E-state index in [4.69, 9.17) is 15.2 Å². The van der Waals surface area contributed by atoms with Crippen molar-refractivity contribution in [1.29, 1.82) is 0 Å². The number of methoxy groups -OCH3 is 2. The Hall–Kier alpha value is -3.14. The van der Waals surface area contributed by atoms with Crippen LogP contribution in [0, 0.1) is 0 Å². The number of aromatic nitrogens is 1. The molecule has 160 valence electrons. The number of nitrogens with zero attached hydrogens (tertiary/aromatic N) is 2. The molecule has 30 heavy (non-hydrogen) atoms. The summed E-state index contributed by atoms with van der Waals surface area (Å²) in [7, 11) is 3.04. The highest BCUT2D eigenvalue weighted by Gasteiger charge is 2.33. The quantitative estimate of drug-likeness (QED) is 0.548. The molecule has 0 spiro atoms. The number of alkyl halides is 3. The van der Waals surface area contributed by atoms with Crippen molar-refractivity contribution in [2.75, 3.05) is 25.3 Å². The fraction of sp³-hybridized carbons (Fsp3) is 0.350. The van der Waals surface area contributed by atoms with Crippen LogP contribution in [-0.4, -0.2) is 43.5 Å². The zero-order chi connectivity index (χ0) is 21.9. The highest BCUT2D eigenvalue weighted by atomic mass is 19.4. The van der Waals surface area contributed by atoms with Gasteiger partial charge in [-0.1, -0.05) is 6.07 Å². The highest BCUT2D eigenvalue weighted by molar-refractivity contribution is 6.04. The minimum atomic E-state index is -4.65. The van der Waals surface area contributed by atoms with E-state index >= 15 is 0 Å². The Labute approximate surface area is 171 Å². The molecule has 1 aliphatic carbocycles. The van der Waals surface area contributed by atoms with Crippen molar-refractivity contribution in [2.24, 2.45) is 4.99 Å². The van der Waals surface area contributed by atoms with E-state index in [1.807, 2.05) is 0 Å². The van der Waals surface area contributed by atoms with Gasteiger partial charge in [-0.25, -0.2) is 4.98 Å². The summed E-state index contributed by atoms with van der Waals surface area (Å²) in [5, 5.41) is 2.52. The maximum absolute atomic E-state index is 12.9. The topological polar surface area (TPSA) is 98.8 Å². The zero-order valence-corrected chi connectivity index (χ0v) is 16.4. The maximum Gasteiger partial charge on any atom is 0.433 e. The molecule has 0 unspecified atom stereocenters. The summed E-state index contributed by atoms with van der Waals surface area (Å²) in [5.74, 6) is -0.554. The molecule has 10 heteroatoms. The monoisotopic (exact) mass is 422 g/mol. The third-order valence-corrected chi connectivity index (χ3v) is 4.75. The second kappa shape index (κ2) is 8.70. The van der Waals surface area contributed by atoms with Gasteiger partial charge in [0.2, 0.25) is 0 Å². The first kappa shape index (κ1) is 21.6. The van der Waals surface area contributed by atoms with E-state index in [-0.39, 0.29) is 29.3 Å². The van der Waals surface area contributed by atoms with Gasteiger partial charge in [-0.3, -0.25) is 9.79 Å². The Morgan fingerprint density at radius 2 is 2.03 bits per heavy atom. The molecule has 1 aromatic heterocycles. The number of anilines is 2. The number of carbonyl (C=O) groups excluding carboxylic acids is 1. The lowest BCUT2D eigenvalue weighted by molar-refractivity contribution is -0.141. The number of nitrogens with two attached hydrogens (primary N) is 1. The molecule has 3 N–H and O–H groups in total. The van der Waals surface area contributed by atoms with Gasteiger partial charge in [0, 0.05) is 30.6 Å². The molecule has 0 radical (unpaired) electrons. The summed E-state index contributed by atoms with van der Waals surface area (Å²) in [6.07, 6.45) is -1.22. The number of halogens is 3. The van der Waals surface area contributed by atoms with Crippen LogP contribution < -0.4 is 15.8 Å². The lowest BCUT2D eigenvalue weighted by Gasteiger charge is -2.30. The average Bonchev–Trinajstić information content (AvgIpc) is 2.68. The molecule has 1 fully saturated rings. The van der Waals surface area contributed by atoms with E-state index in [0.29, 0.717) is 11.3 Å². The lowest BCUT2D eigenvalue weighted by Crippen LogP contribution is -2.33. The van der Waals surface area contributed by atoms with E-state index in [1.165, 1.54) is 19.2 Å². The van der Waals surface area contributed by atoms with Gasteiger partial charge in [-0.15, -0.1) is 0 Å². The molecule has 2 aromatic rings. The van der Waals surface area contributed by atoms with Gasteiger partial charge in [-0.2, -0.15) is 13.2 Å². The van der Waals surface area contributed by atoms with E-state index in [9.17, 15) is 18.0 Å². The number of ether oxygens (including phenoxy) is 2. The molecule has 0 atom stereocenters. The molecule has 0 saturated heterocycles. The van der Waals surface area contributed by atoms with Crippen molar-refractivity contribution < 1.29 is 27.4 Å². The van der Waals surface area contributed by atoms with Crippen LogP contribution in [0.4, 0.5) is 24.5 Å². The number of nitrogens with one attached hydrogen (secondary N) is 1. The van der Waals surface area contributed by atoms with E-state index < -0.39 is 17.8 Å². The van der Waals surface area contributed by atoms with Gasteiger partial charge in [0.1, 0.15) is 17.1 Å². The predicted molar refractivity (Wildman–Crippen MR) is 106 cm³/mol. The second-order valence-electron chi connectivity index (χ2n) is 6.80. The Morgan fingerprint density at radius 1 is 1.30 bits per heavy atom. The molecule has 1 aliphatic rings. The fourth-order valence-corrected chi connectivity index (χ4v) is 2.93. The summed E-state index contributed by atoms with van der Waals surface area (Å²) >= 11 is 0. The van der Waals surface area contributed by atoms with Gasteiger partial charge in [0.05, 0.1) is 24.9 Å². The zero-order valence-electron chi connectivity index (χ0n) is 16.4. The molecular formula is C20H21F3N4O3. The first-order valence-corrected chi connectivity index (χ1v) is 9.10. The van der Waals surface area contributed by atoms with Crippen molar-refractivity contribution >= 4 is 23.5 Å². The number of aliphatic imine (C=N–C) groups is 1. The first-order valence-electron chi connectivity index (χ1n) is 9.10. The standard InChI is InChI=1S/C20H21F3N4O3/c1-29-13-7-12(8-13)25-10-11-6-16(17(30-2)9-14(11)24)27-19(28)15-4-3-5-18(26-15)20(21,22)23/h3-6,9-10,12-13H,7-8,24H2,1-2H3,(H,27,28). The van der Waals surface area contributed by atoms with E-state index in [2.05, 4.69) is 15.3 Å². The summed E-state index contributed by atoms with van der Waals surface area (Å²) < 4.78 is 49.0. The van der Waals surface area contributed by atoms with Crippen LogP contribution in [0.1, 0.15) is 34.6 Å². The summed E-state index contributed by atoms with van der Waals surface area (Å²) in [6, 6.07) is 6.30. The van der Waals surface area contributed by atoms with Crippen LogP contribution in [0.15, 0.2) is 35.3 Å². The van der Waals surface area contributed by atoms with Crippen LogP contribution >= 0.6 is 0 Å². The van der Waals surface area contributed by atoms with E-state index in [0.717, 1.165) is 25.0 Å². The van der Waals surface area contributed by atoms with Gasteiger partial charge >= 0.3 is 6.18 Å². The SMILES string of the molecule is COc1cc(N)c(C=NC2CC(OC)C2)cc1NC(=O)c1cccc(C(F)(F)F)n1. The molecule has 3 rings (SSSR count). The minimum absolute atomic E-state index is 0.129. The number of benzene rings is 1. The Morgan fingerprint density at radius 3 is 2.67 bits per heavy atom. The van der Waals surface area contributed by atoms with Gasteiger partial charge in [0.25, 0.3) is 5.91 Å². The van der Waals surface area contributed by atoms with Crippen molar-refractivity contribution in [3.05, 3.63) is 47.3 Å². The number of carbonyl (C=O) groups is 1. The maximum atomic E-state index is 12.9. The third kappa shape index (κ3) is 4.88. The van der Waals surface area contributed by atoms with Gasteiger partial charge < -0.3 is 20.5 Å². The van der Waals surface area contributed by atoms with Crippen molar-refractivity contribution in [3.8, 4) is 5.75 Å². The molecule has 0 aliphatic heterocycles. The third-order valence-electron chi connectivity index (χ3n) is 4.75. The average molecular weight is 422 g/mol. The number of pyridine rings is 1. The van der Waals surface area contributed by atoms with Crippen LogP contribution in [0.2, 0.25) is 0 Å². The Balaban J connectivity index is 1.81. The molecule has 7 nitrogen and oxygen atoms in total. The Bertz CT molecular complexity index is 957. The molecule has 1 amide bonds. The van der Waals surface area contributed by atoms with Crippen molar-refractivity contribution in [1.82, 2.24) is 4.98 Å². The van der Waals surface area contributed by atoms with E-state index in [1.54, 1.807) is 19.4 Å². The van der Waals surface area contributed by atoms with Crippen LogP contribution in [0.3, 0.4) is 0 Å². The largest absolute Gasteiger partial charge is 0.494 e. The number of nitrogen functional groups attached to an aromatic ring is 1. The molecule has 1 heterocycles. The number of rotatable bonds is 6. The lowest BCUT2D eigenvalue weighted by atomic mass is 9.90. The normalized spacial score (nSPS) is 18.8. The van der Waals surface area contributed by atoms with Gasteiger partial charge in [0.15, 0.2) is 0 Å². The smallest absolute Gasteiger partial charge is 0.433 e. The van der Waals surface area contributed by atoms with Crippen molar-refractivity contribution in [2.45, 2.75) is 31.2 Å². The van der Waals surface area contributed by atoms with Crippen molar-refractivity contribution in [3.63, 3.8) is 0 Å². The Kier molecular flexibility index (Phi) is 6.25. The summed E-state index contributed by atoms with van der Waals surface area (Å²) in [6.45, 7) is 0. The number of hydrogen-bond donors (Lipinski definition) is 2. The highest BCUT2D eigenvalue weighted by Crippen LogP contribution is 2.31. The van der Waals surface area contributed by atoms with Crippen LogP contribution in [0.25, 0.3) is 0 Å². The fourth-order valence-electron chi connectivity index (χ4n) is 2.93. The second-order valence-corrected chi connectivity index (χ2v) is 6.80. The number of amides is 1. The predicted octanol–water partition coefficient (Wildman–Crippen LogP) is 3.54. The van der Waals surface area contributed by atoms with Crippen LogP contribution in [0.5, 0.6) is 5.75 Å². The summed E-state index contributed by atoms with van der Waals surface area (Å²) in [5.41, 5.74) is 5.67. The molecule has 1 saturated carbocycles. The molecule has 0 bridgehead atoms. The summed E-state index contributed by atoms with van der Waals surface area (Å²) in [4.78, 5) is 20.3. The number of hydrogen-bond acceptors (Lipinski definition) is 6.